The fraction of sp³-hybridized carbons (Fsp3) is 0.929. The largest absolute Gasteiger partial charge is 0.354 e. The molecule has 2 atom stereocenters. The quantitative estimate of drug-likeness (QED) is 0.619. The van der Waals surface area contributed by atoms with Crippen LogP contribution in [-0.2, 0) is 4.79 Å². The highest BCUT2D eigenvalue weighted by molar-refractivity contribution is 5.76. The van der Waals surface area contributed by atoms with Crippen LogP contribution in [0.15, 0.2) is 0 Å². The first-order chi connectivity index (χ1) is 8.13. The van der Waals surface area contributed by atoms with Gasteiger partial charge in [-0.15, -0.1) is 0 Å². The van der Waals surface area contributed by atoms with Crippen LogP contribution in [-0.4, -0.2) is 18.5 Å². The molecule has 102 valence electrons. The van der Waals surface area contributed by atoms with E-state index in [0.29, 0.717) is 18.4 Å². The van der Waals surface area contributed by atoms with Crippen LogP contribution in [0.4, 0.5) is 0 Å². The van der Waals surface area contributed by atoms with E-state index in [1.165, 1.54) is 12.8 Å². The maximum absolute atomic E-state index is 11.7. The average Bonchev–Trinajstić information content (AvgIpc) is 2.27. The standard InChI is InChI=1S/C14H30N2O/c1-4-6-12(3)16-14(17)9-8-13(7-5-2)10-11-15/h12-13H,4-11,15H2,1-3H3,(H,16,17). The second-order valence-corrected chi connectivity index (χ2v) is 5.03. The van der Waals surface area contributed by atoms with Gasteiger partial charge in [0, 0.05) is 12.5 Å². The molecule has 0 saturated heterocycles. The molecular formula is C14H30N2O. The zero-order valence-electron chi connectivity index (χ0n) is 11.8. The number of hydrogen-bond acceptors (Lipinski definition) is 2. The summed E-state index contributed by atoms with van der Waals surface area (Å²) < 4.78 is 0. The number of rotatable bonds is 10. The highest BCUT2D eigenvalue weighted by Gasteiger charge is 2.11. The molecule has 0 bridgehead atoms. The fourth-order valence-electron chi connectivity index (χ4n) is 2.26. The Morgan fingerprint density at radius 2 is 1.76 bits per heavy atom. The second kappa shape index (κ2) is 10.6. The first kappa shape index (κ1) is 16.4. The van der Waals surface area contributed by atoms with E-state index in [0.717, 1.165) is 32.2 Å². The van der Waals surface area contributed by atoms with Crippen molar-refractivity contribution in [3.05, 3.63) is 0 Å². The zero-order chi connectivity index (χ0) is 13.1. The number of carbonyl (C=O) groups excluding carboxylic acids is 1. The molecule has 0 saturated carbocycles. The third-order valence-electron chi connectivity index (χ3n) is 3.18. The van der Waals surface area contributed by atoms with Gasteiger partial charge in [-0.1, -0.05) is 33.1 Å². The summed E-state index contributed by atoms with van der Waals surface area (Å²) in [7, 11) is 0. The summed E-state index contributed by atoms with van der Waals surface area (Å²) in [5.41, 5.74) is 5.59. The molecule has 3 nitrogen and oxygen atoms in total. The van der Waals surface area contributed by atoms with Gasteiger partial charge < -0.3 is 11.1 Å². The lowest BCUT2D eigenvalue weighted by atomic mass is 9.94. The molecule has 0 rings (SSSR count). The van der Waals surface area contributed by atoms with Gasteiger partial charge in [0.25, 0.3) is 0 Å². The number of hydrogen-bond donors (Lipinski definition) is 2. The Hall–Kier alpha value is -0.570. The SMILES string of the molecule is CCCC(CCN)CCC(=O)NC(C)CCC. The predicted molar refractivity (Wildman–Crippen MR) is 73.8 cm³/mol. The Labute approximate surface area is 107 Å². The topological polar surface area (TPSA) is 55.1 Å². The molecule has 0 spiro atoms. The van der Waals surface area contributed by atoms with Gasteiger partial charge in [-0.3, -0.25) is 4.79 Å². The molecule has 0 aromatic rings. The van der Waals surface area contributed by atoms with Gasteiger partial charge in [0.05, 0.1) is 0 Å². The first-order valence-corrected chi connectivity index (χ1v) is 7.13. The molecule has 1 amide bonds. The lowest BCUT2D eigenvalue weighted by molar-refractivity contribution is -0.122. The summed E-state index contributed by atoms with van der Waals surface area (Å²) in [4.78, 5) is 11.7. The van der Waals surface area contributed by atoms with Crippen LogP contribution >= 0.6 is 0 Å². The van der Waals surface area contributed by atoms with Crippen molar-refractivity contribution < 1.29 is 4.79 Å². The van der Waals surface area contributed by atoms with Gasteiger partial charge in [0.2, 0.25) is 5.91 Å². The third-order valence-corrected chi connectivity index (χ3v) is 3.18. The average molecular weight is 242 g/mol. The molecule has 0 aliphatic heterocycles. The highest BCUT2D eigenvalue weighted by Crippen LogP contribution is 2.16. The van der Waals surface area contributed by atoms with E-state index in [4.69, 9.17) is 5.73 Å². The maximum atomic E-state index is 11.7. The van der Waals surface area contributed by atoms with Crippen LogP contribution in [0.2, 0.25) is 0 Å². The molecule has 0 radical (unpaired) electrons. The smallest absolute Gasteiger partial charge is 0.220 e. The molecule has 17 heavy (non-hydrogen) atoms. The lowest BCUT2D eigenvalue weighted by Gasteiger charge is -2.16. The van der Waals surface area contributed by atoms with Gasteiger partial charge in [0.15, 0.2) is 0 Å². The minimum Gasteiger partial charge on any atom is -0.354 e. The van der Waals surface area contributed by atoms with Crippen molar-refractivity contribution in [1.29, 1.82) is 0 Å². The van der Waals surface area contributed by atoms with Crippen LogP contribution in [0.5, 0.6) is 0 Å². The first-order valence-electron chi connectivity index (χ1n) is 7.13. The molecule has 0 heterocycles. The Bertz CT molecular complexity index is 189. The van der Waals surface area contributed by atoms with E-state index in [9.17, 15) is 4.79 Å². The number of amides is 1. The highest BCUT2D eigenvalue weighted by atomic mass is 16.1. The maximum Gasteiger partial charge on any atom is 0.220 e. The molecule has 0 fully saturated rings. The second-order valence-electron chi connectivity index (χ2n) is 5.03. The summed E-state index contributed by atoms with van der Waals surface area (Å²) in [5, 5.41) is 3.05. The van der Waals surface area contributed by atoms with Gasteiger partial charge in [-0.05, 0) is 38.6 Å². The van der Waals surface area contributed by atoms with E-state index in [2.05, 4.69) is 26.1 Å². The van der Waals surface area contributed by atoms with Crippen molar-refractivity contribution in [1.82, 2.24) is 5.32 Å². The Balaban J connectivity index is 3.78. The van der Waals surface area contributed by atoms with Crippen LogP contribution < -0.4 is 11.1 Å². The molecule has 0 aliphatic rings. The summed E-state index contributed by atoms with van der Waals surface area (Å²) >= 11 is 0. The molecule has 3 heteroatoms. The zero-order valence-corrected chi connectivity index (χ0v) is 11.8. The summed E-state index contributed by atoms with van der Waals surface area (Å²) in [6, 6.07) is 0.312. The van der Waals surface area contributed by atoms with Crippen molar-refractivity contribution >= 4 is 5.91 Å². The van der Waals surface area contributed by atoms with Crippen molar-refractivity contribution in [3.8, 4) is 0 Å². The molecule has 0 aromatic carbocycles. The van der Waals surface area contributed by atoms with E-state index in [1.807, 2.05) is 0 Å². The molecular weight excluding hydrogens is 212 g/mol. The van der Waals surface area contributed by atoms with E-state index in [-0.39, 0.29) is 5.91 Å². The monoisotopic (exact) mass is 242 g/mol. The van der Waals surface area contributed by atoms with Gasteiger partial charge in [-0.25, -0.2) is 0 Å². The number of nitrogens with two attached hydrogens (primary N) is 1. The fourth-order valence-corrected chi connectivity index (χ4v) is 2.26. The van der Waals surface area contributed by atoms with Crippen LogP contribution in [0.25, 0.3) is 0 Å². The number of carbonyl (C=O) groups is 1. The Morgan fingerprint density at radius 3 is 2.29 bits per heavy atom. The minimum atomic E-state index is 0.198. The molecule has 2 unspecified atom stereocenters. The van der Waals surface area contributed by atoms with Crippen molar-refractivity contribution in [2.75, 3.05) is 6.54 Å². The van der Waals surface area contributed by atoms with E-state index >= 15 is 0 Å². The summed E-state index contributed by atoms with van der Waals surface area (Å²) in [5.74, 6) is 0.821. The van der Waals surface area contributed by atoms with Crippen molar-refractivity contribution in [3.63, 3.8) is 0 Å². The van der Waals surface area contributed by atoms with Crippen LogP contribution in [0, 0.1) is 5.92 Å². The summed E-state index contributed by atoms with van der Waals surface area (Å²) in [6.07, 6.45) is 7.23. The Morgan fingerprint density at radius 1 is 1.12 bits per heavy atom. The molecule has 0 aliphatic carbocycles. The van der Waals surface area contributed by atoms with Crippen LogP contribution in [0.1, 0.15) is 65.7 Å². The van der Waals surface area contributed by atoms with Gasteiger partial charge in [0.1, 0.15) is 0 Å². The predicted octanol–water partition coefficient (Wildman–Crippen LogP) is 2.84. The minimum absolute atomic E-state index is 0.198. The van der Waals surface area contributed by atoms with E-state index in [1.54, 1.807) is 0 Å². The normalized spacial score (nSPS) is 14.4. The molecule has 3 N–H and O–H groups in total. The van der Waals surface area contributed by atoms with Crippen molar-refractivity contribution in [2.24, 2.45) is 11.7 Å². The summed E-state index contributed by atoms with van der Waals surface area (Å²) in [6.45, 7) is 7.14. The van der Waals surface area contributed by atoms with Gasteiger partial charge >= 0.3 is 0 Å². The van der Waals surface area contributed by atoms with Crippen LogP contribution in [0.3, 0.4) is 0 Å². The van der Waals surface area contributed by atoms with E-state index < -0.39 is 0 Å². The van der Waals surface area contributed by atoms with Gasteiger partial charge in [-0.2, -0.15) is 0 Å². The molecule has 0 aromatic heterocycles. The lowest BCUT2D eigenvalue weighted by Crippen LogP contribution is -2.32. The van der Waals surface area contributed by atoms with Crippen molar-refractivity contribution in [2.45, 2.75) is 71.8 Å². The number of nitrogens with one attached hydrogen (secondary N) is 1. The Kier molecular flexibility index (Phi) is 10.2. The third kappa shape index (κ3) is 9.16.